The lowest BCUT2D eigenvalue weighted by molar-refractivity contribution is 0.0473. The molecule has 0 fully saturated rings. The summed E-state index contributed by atoms with van der Waals surface area (Å²) in [6.45, 7) is 2.70. The number of hydrogen-bond acceptors (Lipinski definition) is 4. The van der Waals surface area contributed by atoms with E-state index in [0.29, 0.717) is 13.2 Å². The molecule has 0 aromatic heterocycles. The van der Waals surface area contributed by atoms with Crippen LogP contribution in [-0.2, 0) is 9.47 Å². The number of carbonyl (C=O) groups excluding carboxylic acids is 1. The van der Waals surface area contributed by atoms with Crippen LogP contribution in [0.1, 0.15) is 17.3 Å². The third-order valence-corrected chi connectivity index (χ3v) is 2.94. The molecule has 1 unspecified atom stereocenters. The Kier molecular flexibility index (Phi) is 6.41. The Hall–Kier alpha value is -1.66. The summed E-state index contributed by atoms with van der Waals surface area (Å²) in [5, 5.41) is 9.70. The van der Waals surface area contributed by atoms with Crippen molar-refractivity contribution in [2.75, 3.05) is 34.0 Å². The third kappa shape index (κ3) is 3.91. The average molecular weight is 285 g/mol. The van der Waals surface area contributed by atoms with Gasteiger partial charge in [0.2, 0.25) is 0 Å². The highest BCUT2D eigenvalue weighted by molar-refractivity contribution is 5.97. The van der Waals surface area contributed by atoms with Gasteiger partial charge in [-0.25, -0.2) is 4.39 Å². The fourth-order valence-electron chi connectivity index (χ4n) is 1.91. The average Bonchev–Trinajstić information content (AvgIpc) is 2.39. The molecule has 1 amide bonds. The fraction of sp³-hybridized carbons (Fsp3) is 0.500. The molecule has 6 heteroatoms. The maximum absolute atomic E-state index is 13.8. The number of hydrogen-bond donors (Lipinski definition) is 1. The minimum atomic E-state index is -0.748. The van der Waals surface area contributed by atoms with Crippen molar-refractivity contribution in [3.05, 3.63) is 29.6 Å². The summed E-state index contributed by atoms with van der Waals surface area (Å²) in [7, 11) is 3.04. The standard InChI is InChI=1S/C14H20FNO4/c1-10(9-20-3)16(7-8-19-2)14(18)13-11(15)5-4-6-12(13)17/h4-6,10,17H,7-9H2,1-3H3. The molecule has 1 rings (SSSR count). The highest BCUT2D eigenvalue weighted by Crippen LogP contribution is 2.22. The maximum atomic E-state index is 13.8. The van der Waals surface area contributed by atoms with Gasteiger partial charge < -0.3 is 19.5 Å². The molecule has 20 heavy (non-hydrogen) atoms. The molecule has 0 radical (unpaired) electrons. The van der Waals surface area contributed by atoms with Crippen molar-refractivity contribution in [2.45, 2.75) is 13.0 Å². The van der Waals surface area contributed by atoms with Gasteiger partial charge in [0.25, 0.3) is 5.91 Å². The Morgan fingerprint density at radius 3 is 2.65 bits per heavy atom. The molecular weight excluding hydrogens is 265 g/mol. The van der Waals surface area contributed by atoms with Crippen LogP contribution in [0.2, 0.25) is 0 Å². The smallest absolute Gasteiger partial charge is 0.261 e. The number of rotatable bonds is 7. The monoisotopic (exact) mass is 285 g/mol. The topological polar surface area (TPSA) is 59.0 Å². The zero-order chi connectivity index (χ0) is 15.1. The van der Waals surface area contributed by atoms with E-state index in [-0.39, 0.29) is 23.9 Å². The molecule has 0 aliphatic rings. The quantitative estimate of drug-likeness (QED) is 0.827. The summed E-state index contributed by atoms with van der Waals surface area (Å²) < 4.78 is 23.7. The van der Waals surface area contributed by atoms with Crippen molar-refractivity contribution in [3.63, 3.8) is 0 Å². The van der Waals surface area contributed by atoms with E-state index in [1.165, 1.54) is 31.3 Å². The van der Waals surface area contributed by atoms with Crippen molar-refractivity contribution in [1.82, 2.24) is 4.90 Å². The highest BCUT2D eigenvalue weighted by Gasteiger charge is 2.26. The van der Waals surface area contributed by atoms with Gasteiger partial charge in [0.05, 0.1) is 19.3 Å². The predicted octanol–water partition coefficient (Wildman–Crippen LogP) is 1.65. The van der Waals surface area contributed by atoms with Gasteiger partial charge in [-0.05, 0) is 19.1 Å². The van der Waals surface area contributed by atoms with Gasteiger partial charge in [0, 0.05) is 20.8 Å². The van der Waals surface area contributed by atoms with Crippen LogP contribution in [0.5, 0.6) is 5.75 Å². The number of phenolic OH excluding ortho intramolecular Hbond substituents is 1. The van der Waals surface area contributed by atoms with Crippen LogP contribution in [0.4, 0.5) is 4.39 Å². The summed E-state index contributed by atoms with van der Waals surface area (Å²) in [5.74, 6) is -1.70. The number of amides is 1. The zero-order valence-electron chi connectivity index (χ0n) is 11.9. The second-order valence-electron chi connectivity index (χ2n) is 4.43. The maximum Gasteiger partial charge on any atom is 0.261 e. The number of nitrogens with zero attached hydrogens (tertiary/aromatic N) is 1. The van der Waals surface area contributed by atoms with Gasteiger partial charge in [-0.3, -0.25) is 4.79 Å². The van der Waals surface area contributed by atoms with Crippen LogP contribution in [0.15, 0.2) is 18.2 Å². The summed E-state index contributed by atoms with van der Waals surface area (Å²) >= 11 is 0. The first kappa shape index (κ1) is 16.4. The van der Waals surface area contributed by atoms with E-state index >= 15 is 0 Å². The number of aromatic hydroxyl groups is 1. The van der Waals surface area contributed by atoms with Crippen LogP contribution in [0.25, 0.3) is 0 Å². The van der Waals surface area contributed by atoms with Crippen LogP contribution >= 0.6 is 0 Å². The van der Waals surface area contributed by atoms with Gasteiger partial charge in [0.1, 0.15) is 17.1 Å². The summed E-state index contributed by atoms with van der Waals surface area (Å²) in [5.41, 5.74) is -0.327. The van der Waals surface area contributed by atoms with Crippen LogP contribution < -0.4 is 0 Å². The fourth-order valence-corrected chi connectivity index (χ4v) is 1.91. The number of benzene rings is 1. The van der Waals surface area contributed by atoms with Crippen molar-refractivity contribution >= 4 is 5.91 Å². The minimum Gasteiger partial charge on any atom is -0.507 e. The van der Waals surface area contributed by atoms with Crippen molar-refractivity contribution in [1.29, 1.82) is 0 Å². The normalized spacial score (nSPS) is 12.2. The summed E-state index contributed by atoms with van der Waals surface area (Å²) in [6.07, 6.45) is 0. The van der Waals surface area contributed by atoms with Crippen LogP contribution in [0, 0.1) is 5.82 Å². The van der Waals surface area contributed by atoms with E-state index in [9.17, 15) is 14.3 Å². The number of methoxy groups -OCH3 is 2. The molecule has 1 aromatic carbocycles. The SMILES string of the molecule is COCCN(C(=O)c1c(O)cccc1F)C(C)COC. The molecule has 0 aliphatic carbocycles. The molecule has 0 saturated carbocycles. The first-order valence-corrected chi connectivity index (χ1v) is 6.29. The Morgan fingerprint density at radius 2 is 2.10 bits per heavy atom. The lowest BCUT2D eigenvalue weighted by Crippen LogP contribution is -2.43. The molecule has 0 saturated heterocycles. The molecule has 5 nitrogen and oxygen atoms in total. The van der Waals surface area contributed by atoms with Crippen molar-refractivity contribution < 1.29 is 23.8 Å². The number of ether oxygens (including phenoxy) is 2. The second kappa shape index (κ2) is 7.81. The summed E-state index contributed by atoms with van der Waals surface area (Å²) in [4.78, 5) is 13.8. The van der Waals surface area contributed by atoms with Crippen LogP contribution in [0.3, 0.4) is 0 Å². The number of phenols is 1. The first-order chi connectivity index (χ1) is 9.52. The molecule has 0 spiro atoms. The Balaban J connectivity index is 3.03. The molecule has 0 aliphatic heterocycles. The Morgan fingerprint density at radius 1 is 1.40 bits per heavy atom. The van der Waals surface area contributed by atoms with E-state index in [0.717, 1.165) is 6.07 Å². The molecule has 1 atom stereocenters. The van der Waals surface area contributed by atoms with Gasteiger partial charge in [-0.15, -0.1) is 0 Å². The van der Waals surface area contributed by atoms with E-state index in [1.807, 2.05) is 0 Å². The molecule has 0 bridgehead atoms. The van der Waals surface area contributed by atoms with E-state index in [4.69, 9.17) is 9.47 Å². The van der Waals surface area contributed by atoms with Gasteiger partial charge in [-0.2, -0.15) is 0 Å². The highest BCUT2D eigenvalue weighted by atomic mass is 19.1. The Bertz CT molecular complexity index is 433. The third-order valence-electron chi connectivity index (χ3n) is 2.94. The minimum absolute atomic E-state index is 0.262. The van der Waals surface area contributed by atoms with Crippen molar-refractivity contribution in [2.24, 2.45) is 0 Å². The van der Waals surface area contributed by atoms with Crippen LogP contribution in [-0.4, -0.2) is 55.9 Å². The van der Waals surface area contributed by atoms with E-state index < -0.39 is 11.7 Å². The van der Waals surface area contributed by atoms with Crippen molar-refractivity contribution in [3.8, 4) is 5.75 Å². The second-order valence-corrected chi connectivity index (χ2v) is 4.43. The van der Waals surface area contributed by atoms with Gasteiger partial charge in [0.15, 0.2) is 0 Å². The summed E-state index contributed by atoms with van der Waals surface area (Å²) in [6, 6.07) is 3.51. The molecule has 1 N–H and O–H groups in total. The molecular formula is C14H20FNO4. The van der Waals surface area contributed by atoms with Gasteiger partial charge in [-0.1, -0.05) is 6.07 Å². The largest absolute Gasteiger partial charge is 0.507 e. The van der Waals surface area contributed by atoms with Gasteiger partial charge >= 0.3 is 0 Å². The first-order valence-electron chi connectivity index (χ1n) is 6.29. The predicted molar refractivity (Wildman–Crippen MR) is 72.3 cm³/mol. The number of carbonyl (C=O) groups is 1. The molecule has 1 aromatic rings. The lowest BCUT2D eigenvalue weighted by atomic mass is 10.1. The molecule has 0 heterocycles. The number of halogens is 1. The molecule has 112 valence electrons. The van der Waals surface area contributed by atoms with E-state index in [1.54, 1.807) is 6.92 Å². The Labute approximate surface area is 117 Å². The van der Waals surface area contributed by atoms with E-state index in [2.05, 4.69) is 0 Å². The zero-order valence-corrected chi connectivity index (χ0v) is 11.9. The lowest BCUT2D eigenvalue weighted by Gasteiger charge is -2.29.